The van der Waals surface area contributed by atoms with E-state index in [9.17, 15) is 13.5 Å². The lowest BCUT2D eigenvalue weighted by atomic mass is 10.2. The van der Waals surface area contributed by atoms with Gasteiger partial charge in [0, 0.05) is 24.5 Å². The zero-order valence-electron chi connectivity index (χ0n) is 11.7. The Bertz CT molecular complexity index is 751. The lowest BCUT2D eigenvalue weighted by Gasteiger charge is -2.29. The van der Waals surface area contributed by atoms with Crippen molar-refractivity contribution in [1.82, 2.24) is 0 Å². The third-order valence-corrected chi connectivity index (χ3v) is 5.31. The topological polar surface area (TPSA) is 80.0 Å². The molecule has 0 atom stereocenters. The van der Waals surface area contributed by atoms with Crippen molar-refractivity contribution in [2.75, 3.05) is 36.6 Å². The first-order valence-electron chi connectivity index (χ1n) is 6.69. The third-order valence-electron chi connectivity index (χ3n) is 3.70. The minimum Gasteiger partial charge on any atom is -0.497 e. The quantitative estimate of drug-likeness (QED) is 0.916. The summed E-state index contributed by atoms with van der Waals surface area (Å²) >= 11 is 0. The first-order chi connectivity index (χ1) is 10.0. The molecule has 1 saturated heterocycles. The first-order valence-corrected chi connectivity index (χ1v) is 8.51. The molecule has 1 N–H and O–H groups in total. The van der Waals surface area contributed by atoms with E-state index in [1.165, 1.54) is 0 Å². The molecule has 21 heavy (non-hydrogen) atoms. The Morgan fingerprint density at radius 1 is 1.29 bits per heavy atom. The Morgan fingerprint density at radius 2 is 2.00 bits per heavy atom. The molecule has 0 radical (unpaired) electrons. The van der Waals surface area contributed by atoms with Gasteiger partial charge in [-0.15, -0.1) is 0 Å². The number of anilines is 1. The largest absolute Gasteiger partial charge is 0.497 e. The maximum Gasteiger partial charge on any atom is 0.157 e. The van der Waals surface area contributed by atoms with Crippen LogP contribution in [0.5, 0.6) is 5.75 Å². The highest BCUT2D eigenvalue weighted by Crippen LogP contribution is 2.35. The van der Waals surface area contributed by atoms with Crippen LogP contribution < -0.4 is 9.64 Å². The maximum atomic E-state index is 11.6. The summed E-state index contributed by atoms with van der Waals surface area (Å²) in [4.78, 5) is 1.98. The highest BCUT2D eigenvalue weighted by Gasteiger charge is 2.24. The molecule has 0 aliphatic carbocycles. The SMILES string of the molecule is COc1cc(N2CCS(=O)(=O)CC2)c2oc(CO)cc2c1. The fourth-order valence-electron chi connectivity index (χ4n) is 2.55. The van der Waals surface area contributed by atoms with Gasteiger partial charge in [-0.1, -0.05) is 0 Å². The van der Waals surface area contributed by atoms with Crippen LogP contribution in [0.15, 0.2) is 22.6 Å². The molecule has 0 bridgehead atoms. The van der Waals surface area contributed by atoms with Crippen molar-refractivity contribution in [2.45, 2.75) is 6.61 Å². The van der Waals surface area contributed by atoms with Crippen molar-refractivity contribution >= 4 is 26.5 Å². The normalized spacial score (nSPS) is 18.1. The third kappa shape index (κ3) is 2.71. The highest BCUT2D eigenvalue weighted by molar-refractivity contribution is 7.91. The van der Waals surface area contributed by atoms with Gasteiger partial charge in [-0.25, -0.2) is 8.42 Å². The number of hydrogen-bond acceptors (Lipinski definition) is 6. The van der Waals surface area contributed by atoms with Crippen LogP contribution in [0.25, 0.3) is 11.0 Å². The zero-order chi connectivity index (χ0) is 15.0. The summed E-state index contributed by atoms with van der Waals surface area (Å²) in [6, 6.07) is 5.44. The van der Waals surface area contributed by atoms with Gasteiger partial charge in [0.1, 0.15) is 18.1 Å². The van der Waals surface area contributed by atoms with Crippen LogP contribution in [0, 0.1) is 0 Å². The Morgan fingerprint density at radius 3 is 2.62 bits per heavy atom. The van der Waals surface area contributed by atoms with Crippen molar-refractivity contribution < 1.29 is 22.7 Å². The number of benzene rings is 1. The van der Waals surface area contributed by atoms with Gasteiger partial charge in [0.25, 0.3) is 0 Å². The molecule has 0 amide bonds. The Balaban J connectivity index is 2.05. The minimum absolute atomic E-state index is 0.138. The summed E-state index contributed by atoms with van der Waals surface area (Å²) < 4.78 is 34.1. The predicted molar refractivity (Wildman–Crippen MR) is 79.6 cm³/mol. The van der Waals surface area contributed by atoms with Crippen molar-refractivity contribution in [1.29, 1.82) is 0 Å². The van der Waals surface area contributed by atoms with Gasteiger partial charge < -0.3 is 19.2 Å². The van der Waals surface area contributed by atoms with Gasteiger partial charge in [0.15, 0.2) is 15.4 Å². The second kappa shape index (κ2) is 5.23. The smallest absolute Gasteiger partial charge is 0.157 e. The maximum absolute atomic E-state index is 11.6. The van der Waals surface area contributed by atoms with Gasteiger partial charge in [-0.05, 0) is 12.1 Å². The molecule has 6 nitrogen and oxygen atoms in total. The molecular formula is C14H17NO5S. The fourth-order valence-corrected chi connectivity index (χ4v) is 3.75. The number of fused-ring (bicyclic) bond motifs is 1. The van der Waals surface area contributed by atoms with Gasteiger partial charge in [0.05, 0.1) is 24.3 Å². The number of sulfone groups is 1. The van der Waals surface area contributed by atoms with E-state index in [0.29, 0.717) is 30.2 Å². The average Bonchev–Trinajstić information content (AvgIpc) is 2.89. The zero-order valence-corrected chi connectivity index (χ0v) is 12.5. The van der Waals surface area contributed by atoms with Crippen molar-refractivity contribution in [3.05, 3.63) is 24.0 Å². The molecule has 7 heteroatoms. The molecule has 2 heterocycles. The standard InChI is InChI=1S/C14H17NO5S/c1-19-11-6-10-7-12(9-16)20-14(10)13(8-11)15-2-4-21(17,18)5-3-15/h6-8,16H,2-5,9H2,1H3. The summed E-state index contributed by atoms with van der Waals surface area (Å²) in [6.07, 6.45) is 0. The van der Waals surface area contributed by atoms with E-state index in [2.05, 4.69) is 0 Å². The van der Waals surface area contributed by atoms with Gasteiger partial charge >= 0.3 is 0 Å². The monoisotopic (exact) mass is 311 g/mol. The average molecular weight is 311 g/mol. The van der Waals surface area contributed by atoms with Crippen molar-refractivity contribution in [3.63, 3.8) is 0 Å². The molecular weight excluding hydrogens is 294 g/mol. The Kier molecular flexibility index (Phi) is 3.54. The fraction of sp³-hybridized carbons (Fsp3) is 0.429. The Labute approximate surface area is 122 Å². The molecule has 1 aliphatic heterocycles. The first kappa shape index (κ1) is 14.2. The lowest BCUT2D eigenvalue weighted by Crippen LogP contribution is -2.40. The summed E-state index contributed by atoms with van der Waals surface area (Å²) in [7, 11) is -1.35. The lowest BCUT2D eigenvalue weighted by molar-refractivity contribution is 0.251. The van der Waals surface area contributed by atoms with E-state index in [0.717, 1.165) is 11.1 Å². The number of rotatable bonds is 3. The van der Waals surface area contributed by atoms with Crippen LogP contribution in [-0.4, -0.2) is 45.2 Å². The summed E-state index contributed by atoms with van der Waals surface area (Å²) in [5, 5.41) is 10.1. The van der Waals surface area contributed by atoms with Crippen LogP contribution >= 0.6 is 0 Å². The van der Waals surface area contributed by atoms with Crippen molar-refractivity contribution in [3.8, 4) is 5.75 Å². The minimum atomic E-state index is -2.94. The Hall–Kier alpha value is -1.73. The van der Waals surface area contributed by atoms with Crippen LogP contribution in [0.1, 0.15) is 5.76 Å². The van der Waals surface area contributed by atoms with E-state index in [1.807, 2.05) is 17.0 Å². The van der Waals surface area contributed by atoms with Crippen LogP contribution in [0.4, 0.5) is 5.69 Å². The molecule has 1 aromatic carbocycles. The van der Waals surface area contributed by atoms with Crippen LogP contribution in [0.2, 0.25) is 0 Å². The molecule has 0 spiro atoms. The van der Waals surface area contributed by atoms with Gasteiger partial charge in [-0.2, -0.15) is 0 Å². The molecule has 1 aromatic heterocycles. The summed E-state index contributed by atoms with van der Waals surface area (Å²) in [5.41, 5.74) is 1.46. The van der Waals surface area contributed by atoms with E-state index < -0.39 is 9.84 Å². The molecule has 0 saturated carbocycles. The number of hydrogen-bond donors (Lipinski definition) is 1. The second-order valence-electron chi connectivity index (χ2n) is 5.07. The van der Waals surface area contributed by atoms with E-state index >= 15 is 0 Å². The number of ether oxygens (including phenoxy) is 1. The number of furan rings is 1. The summed E-state index contributed by atoms with van der Waals surface area (Å²) in [6.45, 7) is 0.685. The van der Waals surface area contributed by atoms with Crippen LogP contribution in [0.3, 0.4) is 0 Å². The molecule has 3 rings (SSSR count). The molecule has 2 aromatic rings. The molecule has 0 unspecified atom stereocenters. The second-order valence-corrected chi connectivity index (χ2v) is 7.38. The predicted octanol–water partition coefficient (Wildman–Crippen LogP) is 1.17. The van der Waals surface area contributed by atoms with E-state index in [-0.39, 0.29) is 18.1 Å². The molecule has 1 aliphatic rings. The molecule has 114 valence electrons. The molecule has 1 fully saturated rings. The number of aliphatic hydroxyl groups is 1. The number of nitrogens with zero attached hydrogens (tertiary/aromatic N) is 1. The van der Waals surface area contributed by atoms with Gasteiger partial charge in [-0.3, -0.25) is 0 Å². The van der Waals surface area contributed by atoms with Crippen LogP contribution in [-0.2, 0) is 16.4 Å². The number of aliphatic hydroxyl groups excluding tert-OH is 1. The van der Waals surface area contributed by atoms with E-state index in [1.54, 1.807) is 13.2 Å². The highest BCUT2D eigenvalue weighted by atomic mass is 32.2. The summed E-state index contributed by atoms with van der Waals surface area (Å²) in [5.74, 6) is 1.43. The van der Waals surface area contributed by atoms with Gasteiger partial charge in [0.2, 0.25) is 0 Å². The van der Waals surface area contributed by atoms with Crippen molar-refractivity contribution in [2.24, 2.45) is 0 Å². The van der Waals surface area contributed by atoms with E-state index in [4.69, 9.17) is 9.15 Å². The number of methoxy groups -OCH3 is 1.